The average Bonchev–Trinajstić information content (AvgIpc) is 2.45. The summed E-state index contributed by atoms with van der Waals surface area (Å²) in [5.41, 5.74) is 0.370. The van der Waals surface area contributed by atoms with Crippen molar-refractivity contribution in [2.75, 3.05) is 33.4 Å². The molecule has 120 valence electrons. The molecule has 1 aliphatic rings. The van der Waals surface area contributed by atoms with Gasteiger partial charge in [0.25, 0.3) is 0 Å². The van der Waals surface area contributed by atoms with E-state index in [1.807, 2.05) is 7.11 Å². The molecule has 0 N–H and O–H groups in total. The van der Waals surface area contributed by atoms with Crippen LogP contribution in [0.15, 0.2) is 0 Å². The summed E-state index contributed by atoms with van der Waals surface area (Å²) >= 11 is 0. The number of hydrogen-bond acceptors (Lipinski definition) is 2. The Morgan fingerprint density at radius 3 is 2.15 bits per heavy atom. The molecule has 0 aromatic rings. The van der Waals surface area contributed by atoms with Gasteiger partial charge in [-0.3, -0.25) is 0 Å². The van der Waals surface area contributed by atoms with Gasteiger partial charge in [-0.1, -0.05) is 47.0 Å². The summed E-state index contributed by atoms with van der Waals surface area (Å²) in [5.74, 6) is 1.61. The van der Waals surface area contributed by atoms with Gasteiger partial charge in [-0.05, 0) is 44.2 Å². The van der Waals surface area contributed by atoms with Crippen molar-refractivity contribution in [1.29, 1.82) is 0 Å². The molecule has 1 saturated carbocycles. The summed E-state index contributed by atoms with van der Waals surface area (Å²) in [7, 11) is 1.89. The maximum atomic E-state index is 5.72. The Morgan fingerprint density at radius 2 is 1.70 bits per heavy atom. The van der Waals surface area contributed by atoms with Crippen molar-refractivity contribution in [3.8, 4) is 0 Å². The Balaban J connectivity index is 2.91. The average molecular weight is 284 g/mol. The van der Waals surface area contributed by atoms with E-state index in [4.69, 9.17) is 4.74 Å². The summed E-state index contributed by atoms with van der Waals surface area (Å²) in [6.45, 7) is 13.8. The summed E-state index contributed by atoms with van der Waals surface area (Å²) in [6, 6.07) is 0. The highest BCUT2D eigenvalue weighted by atomic mass is 16.5. The summed E-state index contributed by atoms with van der Waals surface area (Å²) in [5, 5.41) is 0. The first kappa shape index (κ1) is 18.0. The zero-order valence-corrected chi connectivity index (χ0v) is 14.6. The van der Waals surface area contributed by atoms with E-state index < -0.39 is 0 Å². The standard InChI is InChI=1S/C18H37NO/c1-6-19(7-2)14-18(15-20-5,13-16(3)4)17-11-9-8-10-12-17/h16-17H,6-15H2,1-5H3. The number of hydrogen-bond donors (Lipinski definition) is 0. The van der Waals surface area contributed by atoms with E-state index in [0.29, 0.717) is 5.41 Å². The molecule has 1 unspecified atom stereocenters. The Hall–Kier alpha value is -0.0800. The minimum absolute atomic E-state index is 0.370. The first-order chi connectivity index (χ1) is 9.57. The maximum Gasteiger partial charge on any atom is 0.0533 e. The molecule has 0 aliphatic heterocycles. The predicted molar refractivity (Wildman–Crippen MR) is 88.1 cm³/mol. The Labute approximate surface area is 127 Å². The van der Waals surface area contributed by atoms with Crippen molar-refractivity contribution >= 4 is 0 Å². The second-order valence-corrected chi connectivity index (χ2v) is 7.19. The van der Waals surface area contributed by atoms with Crippen molar-refractivity contribution in [2.24, 2.45) is 17.3 Å². The zero-order valence-electron chi connectivity index (χ0n) is 14.6. The van der Waals surface area contributed by atoms with E-state index in [1.54, 1.807) is 0 Å². The molecular formula is C18H37NO. The van der Waals surface area contributed by atoms with Crippen LogP contribution in [0.2, 0.25) is 0 Å². The normalized spacial score (nSPS) is 20.6. The molecule has 0 heterocycles. The molecular weight excluding hydrogens is 246 g/mol. The molecule has 1 atom stereocenters. The van der Waals surface area contributed by atoms with Crippen molar-refractivity contribution < 1.29 is 4.74 Å². The van der Waals surface area contributed by atoms with E-state index in [-0.39, 0.29) is 0 Å². The number of rotatable bonds is 9. The molecule has 0 amide bonds. The van der Waals surface area contributed by atoms with E-state index in [1.165, 1.54) is 45.1 Å². The van der Waals surface area contributed by atoms with Gasteiger partial charge in [-0.2, -0.15) is 0 Å². The number of nitrogens with zero attached hydrogens (tertiary/aromatic N) is 1. The highest BCUT2D eigenvalue weighted by molar-refractivity contribution is 4.91. The Morgan fingerprint density at radius 1 is 1.10 bits per heavy atom. The molecule has 2 heteroatoms. The van der Waals surface area contributed by atoms with Gasteiger partial charge in [0.1, 0.15) is 0 Å². The molecule has 0 saturated heterocycles. The second kappa shape index (κ2) is 9.04. The SMILES string of the molecule is CCN(CC)CC(COC)(CC(C)C)C1CCCCC1. The van der Waals surface area contributed by atoms with Crippen LogP contribution < -0.4 is 0 Å². The van der Waals surface area contributed by atoms with Gasteiger partial charge in [-0.15, -0.1) is 0 Å². The minimum atomic E-state index is 0.370. The molecule has 0 aromatic heterocycles. The lowest BCUT2D eigenvalue weighted by Crippen LogP contribution is -2.47. The largest absolute Gasteiger partial charge is 0.384 e. The van der Waals surface area contributed by atoms with Crippen LogP contribution in [-0.2, 0) is 4.74 Å². The van der Waals surface area contributed by atoms with Crippen LogP contribution in [0.25, 0.3) is 0 Å². The van der Waals surface area contributed by atoms with E-state index >= 15 is 0 Å². The predicted octanol–water partition coefficient (Wildman–Crippen LogP) is 4.59. The molecule has 20 heavy (non-hydrogen) atoms. The first-order valence-electron chi connectivity index (χ1n) is 8.79. The third-order valence-corrected chi connectivity index (χ3v) is 5.15. The first-order valence-corrected chi connectivity index (χ1v) is 8.79. The van der Waals surface area contributed by atoms with E-state index in [0.717, 1.165) is 31.5 Å². The highest BCUT2D eigenvalue weighted by Crippen LogP contribution is 2.44. The topological polar surface area (TPSA) is 12.5 Å². The van der Waals surface area contributed by atoms with Crippen LogP contribution in [0.1, 0.15) is 66.2 Å². The second-order valence-electron chi connectivity index (χ2n) is 7.19. The van der Waals surface area contributed by atoms with Gasteiger partial charge >= 0.3 is 0 Å². The molecule has 1 rings (SSSR count). The van der Waals surface area contributed by atoms with Crippen LogP contribution in [0.4, 0.5) is 0 Å². The smallest absolute Gasteiger partial charge is 0.0533 e. The maximum absolute atomic E-state index is 5.72. The number of ether oxygens (including phenoxy) is 1. The summed E-state index contributed by atoms with van der Waals surface area (Å²) in [4.78, 5) is 2.61. The van der Waals surface area contributed by atoms with E-state index in [9.17, 15) is 0 Å². The van der Waals surface area contributed by atoms with Gasteiger partial charge in [0, 0.05) is 19.1 Å². The van der Waals surface area contributed by atoms with Gasteiger partial charge in [0.15, 0.2) is 0 Å². The Kier molecular flexibility index (Phi) is 8.13. The molecule has 0 spiro atoms. The molecule has 0 aromatic carbocycles. The Bertz CT molecular complexity index is 244. The minimum Gasteiger partial charge on any atom is -0.384 e. The third-order valence-electron chi connectivity index (χ3n) is 5.15. The molecule has 1 fully saturated rings. The van der Waals surface area contributed by atoms with Crippen molar-refractivity contribution in [1.82, 2.24) is 4.90 Å². The van der Waals surface area contributed by atoms with Crippen molar-refractivity contribution in [3.05, 3.63) is 0 Å². The van der Waals surface area contributed by atoms with Crippen molar-refractivity contribution in [2.45, 2.75) is 66.2 Å². The molecule has 2 nitrogen and oxygen atoms in total. The highest BCUT2D eigenvalue weighted by Gasteiger charge is 2.40. The summed E-state index contributed by atoms with van der Waals surface area (Å²) in [6.07, 6.45) is 8.42. The molecule has 0 bridgehead atoms. The van der Waals surface area contributed by atoms with Crippen molar-refractivity contribution in [3.63, 3.8) is 0 Å². The van der Waals surface area contributed by atoms with Crippen LogP contribution in [-0.4, -0.2) is 38.3 Å². The van der Waals surface area contributed by atoms with Crippen LogP contribution in [0.3, 0.4) is 0 Å². The fourth-order valence-electron chi connectivity index (χ4n) is 4.29. The molecule has 0 radical (unpaired) electrons. The van der Waals surface area contributed by atoms with Gasteiger partial charge < -0.3 is 9.64 Å². The van der Waals surface area contributed by atoms with Crippen LogP contribution in [0, 0.1) is 17.3 Å². The monoisotopic (exact) mass is 283 g/mol. The zero-order chi connectivity index (χ0) is 15.0. The fraction of sp³-hybridized carbons (Fsp3) is 1.00. The van der Waals surface area contributed by atoms with Gasteiger partial charge in [-0.25, -0.2) is 0 Å². The fourth-order valence-corrected chi connectivity index (χ4v) is 4.29. The van der Waals surface area contributed by atoms with Crippen LogP contribution in [0.5, 0.6) is 0 Å². The van der Waals surface area contributed by atoms with Gasteiger partial charge in [0.2, 0.25) is 0 Å². The van der Waals surface area contributed by atoms with Gasteiger partial charge in [0.05, 0.1) is 6.61 Å². The lowest BCUT2D eigenvalue weighted by molar-refractivity contribution is -0.0250. The molecule has 1 aliphatic carbocycles. The lowest BCUT2D eigenvalue weighted by Gasteiger charge is -2.46. The van der Waals surface area contributed by atoms with Crippen LogP contribution >= 0.6 is 0 Å². The van der Waals surface area contributed by atoms with E-state index in [2.05, 4.69) is 32.6 Å². The summed E-state index contributed by atoms with van der Waals surface area (Å²) < 4.78 is 5.72. The quantitative estimate of drug-likeness (QED) is 0.614. The third kappa shape index (κ3) is 5.04. The number of methoxy groups -OCH3 is 1. The lowest BCUT2D eigenvalue weighted by atomic mass is 9.65.